The molecule has 2 aromatic heterocycles. The van der Waals surface area contributed by atoms with E-state index in [2.05, 4.69) is 88.4 Å². The highest BCUT2D eigenvalue weighted by atomic mass is 16.5. The first-order valence-electron chi connectivity index (χ1n) is 9.41. The minimum absolute atomic E-state index is 0.134. The SMILES string of the molecule is COCC(C)Nc1ncnc2c1c(-c1ccccc1)cn2-c1ccc(C)cc1. The molecule has 0 fully saturated rings. The zero-order valence-electron chi connectivity index (χ0n) is 16.4. The summed E-state index contributed by atoms with van der Waals surface area (Å²) in [6.07, 6.45) is 3.76. The highest BCUT2D eigenvalue weighted by Crippen LogP contribution is 2.35. The average Bonchev–Trinajstić information content (AvgIpc) is 3.10. The number of nitrogens with one attached hydrogen (secondary N) is 1. The van der Waals surface area contributed by atoms with Gasteiger partial charge in [-0.1, -0.05) is 48.0 Å². The number of hydrogen-bond donors (Lipinski definition) is 1. The zero-order chi connectivity index (χ0) is 19.5. The third kappa shape index (κ3) is 3.49. The number of ether oxygens (including phenoxy) is 1. The molecule has 0 aliphatic rings. The summed E-state index contributed by atoms with van der Waals surface area (Å²) in [5.41, 5.74) is 5.42. The van der Waals surface area contributed by atoms with E-state index < -0.39 is 0 Å². The molecule has 1 N–H and O–H groups in total. The summed E-state index contributed by atoms with van der Waals surface area (Å²) in [5.74, 6) is 0.819. The monoisotopic (exact) mass is 372 g/mol. The number of rotatable bonds is 6. The molecular formula is C23H24N4O. The highest BCUT2D eigenvalue weighted by molar-refractivity contribution is 6.02. The van der Waals surface area contributed by atoms with Crippen LogP contribution in [0.4, 0.5) is 5.82 Å². The van der Waals surface area contributed by atoms with Crippen LogP contribution in [0.15, 0.2) is 67.1 Å². The highest BCUT2D eigenvalue weighted by Gasteiger charge is 2.18. The summed E-state index contributed by atoms with van der Waals surface area (Å²) in [5, 5.41) is 4.49. The van der Waals surface area contributed by atoms with Gasteiger partial charge in [-0.15, -0.1) is 0 Å². The van der Waals surface area contributed by atoms with Crippen molar-refractivity contribution in [2.75, 3.05) is 19.0 Å². The Hall–Kier alpha value is -3.18. The fourth-order valence-corrected chi connectivity index (χ4v) is 3.44. The van der Waals surface area contributed by atoms with Crippen LogP contribution in [0.25, 0.3) is 27.8 Å². The number of anilines is 1. The van der Waals surface area contributed by atoms with Crippen LogP contribution in [0.5, 0.6) is 0 Å². The number of aromatic nitrogens is 3. The first-order chi connectivity index (χ1) is 13.7. The van der Waals surface area contributed by atoms with E-state index in [4.69, 9.17) is 4.74 Å². The third-order valence-corrected chi connectivity index (χ3v) is 4.78. The van der Waals surface area contributed by atoms with Crippen LogP contribution in [-0.2, 0) is 4.74 Å². The predicted octanol–water partition coefficient (Wildman–Crippen LogP) is 4.84. The Labute approximate surface area is 165 Å². The van der Waals surface area contributed by atoms with Crippen molar-refractivity contribution in [3.05, 3.63) is 72.7 Å². The second kappa shape index (κ2) is 7.82. The molecule has 5 nitrogen and oxygen atoms in total. The molecule has 1 unspecified atom stereocenters. The molecule has 0 aliphatic carbocycles. The first-order valence-corrected chi connectivity index (χ1v) is 9.41. The molecule has 0 spiro atoms. The van der Waals surface area contributed by atoms with Crippen LogP contribution < -0.4 is 5.32 Å². The minimum Gasteiger partial charge on any atom is -0.383 e. The molecule has 0 saturated carbocycles. The van der Waals surface area contributed by atoms with E-state index >= 15 is 0 Å². The molecule has 4 rings (SSSR count). The molecule has 4 aromatic rings. The van der Waals surface area contributed by atoms with E-state index in [1.807, 2.05) is 6.07 Å². The van der Waals surface area contributed by atoms with Crippen LogP contribution in [0.1, 0.15) is 12.5 Å². The van der Waals surface area contributed by atoms with E-state index in [0.717, 1.165) is 33.7 Å². The van der Waals surface area contributed by atoms with Crippen molar-refractivity contribution < 1.29 is 4.74 Å². The van der Waals surface area contributed by atoms with Crippen LogP contribution >= 0.6 is 0 Å². The number of fused-ring (bicyclic) bond motifs is 1. The van der Waals surface area contributed by atoms with E-state index in [9.17, 15) is 0 Å². The molecule has 0 radical (unpaired) electrons. The van der Waals surface area contributed by atoms with Gasteiger partial charge in [0, 0.05) is 30.6 Å². The maximum absolute atomic E-state index is 5.28. The van der Waals surface area contributed by atoms with E-state index in [1.165, 1.54) is 5.56 Å². The van der Waals surface area contributed by atoms with Crippen molar-refractivity contribution in [2.24, 2.45) is 0 Å². The molecule has 1 atom stereocenters. The number of methoxy groups -OCH3 is 1. The Kier molecular flexibility index (Phi) is 5.08. The Morgan fingerprint density at radius 1 is 1.04 bits per heavy atom. The predicted molar refractivity (Wildman–Crippen MR) is 114 cm³/mol. The largest absolute Gasteiger partial charge is 0.383 e. The van der Waals surface area contributed by atoms with Crippen molar-refractivity contribution in [2.45, 2.75) is 19.9 Å². The number of aryl methyl sites for hydroxylation is 1. The summed E-state index contributed by atoms with van der Waals surface area (Å²) in [6, 6.07) is 19.0. The lowest BCUT2D eigenvalue weighted by Crippen LogP contribution is -2.21. The average molecular weight is 372 g/mol. The lowest BCUT2D eigenvalue weighted by Gasteiger charge is -2.14. The van der Waals surface area contributed by atoms with Gasteiger partial charge in [0.05, 0.1) is 12.0 Å². The molecule has 142 valence electrons. The molecule has 0 bridgehead atoms. The zero-order valence-corrected chi connectivity index (χ0v) is 16.4. The van der Waals surface area contributed by atoms with Gasteiger partial charge in [-0.05, 0) is 31.5 Å². The maximum atomic E-state index is 5.28. The van der Waals surface area contributed by atoms with Crippen molar-refractivity contribution in [3.63, 3.8) is 0 Å². The van der Waals surface area contributed by atoms with Crippen LogP contribution in [-0.4, -0.2) is 34.3 Å². The van der Waals surface area contributed by atoms with Crippen molar-refractivity contribution in [3.8, 4) is 16.8 Å². The third-order valence-electron chi connectivity index (χ3n) is 4.78. The second-order valence-electron chi connectivity index (χ2n) is 7.04. The van der Waals surface area contributed by atoms with Gasteiger partial charge in [-0.25, -0.2) is 9.97 Å². The van der Waals surface area contributed by atoms with Gasteiger partial charge in [0.25, 0.3) is 0 Å². The topological polar surface area (TPSA) is 52.0 Å². The van der Waals surface area contributed by atoms with Gasteiger partial charge in [-0.2, -0.15) is 0 Å². The fraction of sp³-hybridized carbons (Fsp3) is 0.217. The Bertz CT molecular complexity index is 1070. The Morgan fingerprint density at radius 2 is 1.79 bits per heavy atom. The minimum atomic E-state index is 0.134. The second-order valence-corrected chi connectivity index (χ2v) is 7.04. The summed E-state index contributed by atoms with van der Waals surface area (Å²) in [4.78, 5) is 9.17. The van der Waals surface area contributed by atoms with Crippen LogP contribution in [0, 0.1) is 6.92 Å². The lowest BCUT2D eigenvalue weighted by molar-refractivity contribution is 0.190. The summed E-state index contributed by atoms with van der Waals surface area (Å²) in [6.45, 7) is 4.77. The molecule has 0 saturated heterocycles. The Morgan fingerprint density at radius 3 is 2.50 bits per heavy atom. The first kappa shape index (κ1) is 18.2. The van der Waals surface area contributed by atoms with Crippen LogP contribution in [0.2, 0.25) is 0 Å². The summed E-state index contributed by atoms with van der Waals surface area (Å²) < 4.78 is 7.41. The number of benzene rings is 2. The summed E-state index contributed by atoms with van der Waals surface area (Å²) >= 11 is 0. The van der Waals surface area contributed by atoms with E-state index in [1.54, 1.807) is 13.4 Å². The maximum Gasteiger partial charge on any atom is 0.150 e. The van der Waals surface area contributed by atoms with Gasteiger partial charge in [0.1, 0.15) is 12.1 Å². The molecule has 0 amide bonds. The molecule has 0 aliphatic heterocycles. The van der Waals surface area contributed by atoms with Crippen molar-refractivity contribution in [1.82, 2.24) is 14.5 Å². The standard InChI is InChI=1S/C23H24N4O/c1-16-9-11-19(12-10-16)27-13-20(18-7-5-4-6-8-18)21-22(24-15-25-23(21)27)26-17(2)14-28-3/h4-13,15,17H,14H2,1-3H3,(H,24,25,26). The van der Waals surface area contributed by atoms with Gasteiger partial charge >= 0.3 is 0 Å². The number of nitrogens with zero attached hydrogens (tertiary/aromatic N) is 3. The molecule has 5 heteroatoms. The summed E-state index contributed by atoms with van der Waals surface area (Å²) in [7, 11) is 1.71. The quantitative estimate of drug-likeness (QED) is 0.526. The van der Waals surface area contributed by atoms with Gasteiger partial charge < -0.3 is 14.6 Å². The van der Waals surface area contributed by atoms with E-state index in [-0.39, 0.29) is 6.04 Å². The van der Waals surface area contributed by atoms with Crippen molar-refractivity contribution >= 4 is 16.9 Å². The van der Waals surface area contributed by atoms with Crippen molar-refractivity contribution in [1.29, 1.82) is 0 Å². The normalized spacial score (nSPS) is 12.2. The van der Waals surface area contributed by atoms with Crippen LogP contribution in [0.3, 0.4) is 0 Å². The Balaban J connectivity index is 1.93. The van der Waals surface area contributed by atoms with Gasteiger partial charge in [0.15, 0.2) is 5.65 Å². The molecular weight excluding hydrogens is 348 g/mol. The lowest BCUT2D eigenvalue weighted by atomic mass is 10.1. The molecule has 2 heterocycles. The molecule has 28 heavy (non-hydrogen) atoms. The van der Waals surface area contributed by atoms with Gasteiger partial charge in [0.2, 0.25) is 0 Å². The van der Waals surface area contributed by atoms with E-state index in [0.29, 0.717) is 6.61 Å². The molecule has 2 aromatic carbocycles. The fourth-order valence-electron chi connectivity index (χ4n) is 3.44. The smallest absolute Gasteiger partial charge is 0.150 e. The number of hydrogen-bond acceptors (Lipinski definition) is 4. The van der Waals surface area contributed by atoms with Gasteiger partial charge in [-0.3, -0.25) is 0 Å².